The predicted molar refractivity (Wildman–Crippen MR) is 142 cm³/mol. The molecule has 0 bridgehead atoms. The molecule has 0 aliphatic carbocycles. The van der Waals surface area contributed by atoms with E-state index in [-0.39, 0.29) is 12.1 Å². The van der Waals surface area contributed by atoms with Crippen molar-refractivity contribution in [2.24, 2.45) is 17.8 Å². The molecule has 36 heavy (non-hydrogen) atoms. The molecule has 10 nitrogen and oxygen atoms in total. The first-order valence-electron chi connectivity index (χ1n) is 12.4. The van der Waals surface area contributed by atoms with Crippen LogP contribution in [-0.4, -0.2) is 69.8 Å². The van der Waals surface area contributed by atoms with Crippen molar-refractivity contribution in [3.05, 3.63) is 59.2 Å². The van der Waals surface area contributed by atoms with Gasteiger partial charge in [-0.15, -0.1) is 10.2 Å². The summed E-state index contributed by atoms with van der Waals surface area (Å²) in [6.45, 7) is 2.93. The van der Waals surface area contributed by atoms with Gasteiger partial charge in [0.1, 0.15) is 11.5 Å². The highest BCUT2D eigenvalue weighted by Crippen LogP contribution is 2.25. The van der Waals surface area contributed by atoms with Crippen molar-refractivity contribution in [2.75, 3.05) is 30.4 Å². The van der Waals surface area contributed by atoms with Crippen molar-refractivity contribution >= 4 is 23.8 Å². The first-order valence-corrected chi connectivity index (χ1v) is 12.4. The molecule has 1 fully saturated rings. The Hall–Kier alpha value is -3.82. The van der Waals surface area contributed by atoms with Crippen molar-refractivity contribution in [2.45, 2.75) is 51.1 Å². The quantitative estimate of drug-likeness (QED) is 0.277. The van der Waals surface area contributed by atoms with Crippen molar-refractivity contribution in [3.63, 3.8) is 0 Å². The number of anilines is 2. The van der Waals surface area contributed by atoms with E-state index in [4.69, 9.17) is 15.7 Å². The average molecular weight is 490 g/mol. The number of aromatic nitrogens is 5. The van der Waals surface area contributed by atoms with Gasteiger partial charge in [0.15, 0.2) is 6.29 Å². The van der Waals surface area contributed by atoms with Gasteiger partial charge in [-0.2, -0.15) is 5.10 Å². The van der Waals surface area contributed by atoms with Crippen LogP contribution in [0.15, 0.2) is 41.7 Å². The van der Waals surface area contributed by atoms with Crippen LogP contribution in [0.3, 0.4) is 0 Å². The zero-order valence-electron chi connectivity index (χ0n) is 21.5. The molecule has 0 unspecified atom stereocenters. The number of amidine groups is 1. The molecule has 0 spiro atoms. The number of benzene rings is 1. The lowest BCUT2D eigenvalue weighted by molar-refractivity contribution is 0.111. The lowest BCUT2D eigenvalue weighted by Crippen LogP contribution is -2.47. The maximum Gasteiger partial charge on any atom is 0.245 e. The van der Waals surface area contributed by atoms with Crippen LogP contribution in [0.2, 0.25) is 0 Å². The smallest absolute Gasteiger partial charge is 0.245 e. The number of aldehydes is 1. The van der Waals surface area contributed by atoms with E-state index in [1.165, 1.54) is 0 Å². The number of hydrogen-bond acceptors (Lipinski definition) is 8. The third kappa shape index (κ3) is 5.87. The van der Waals surface area contributed by atoms with E-state index < -0.39 is 0 Å². The summed E-state index contributed by atoms with van der Waals surface area (Å²) < 4.78 is 1.79. The van der Waals surface area contributed by atoms with Crippen molar-refractivity contribution < 1.29 is 4.79 Å². The molecule has 0 saturated carbocycles. The van der Waals surface area contributed by atoms with Gasteiger partial charge in [0.05, 0.1) is 24.0 Å². The summed E-state index contributed by atoms with van der Waals surface area (Å²) in [6.07, 6.45) is 8.83. The second-order valence-corrected chi connectivity index (χ2v) is 9.54. The highest BCUT2D eigenvalue weighted by molar-refractivity contribution is 5.97. The summed E-state index contributed by atoms with van der Waals surface area (Å²) >= 11 is 0. The van der Waals surface area contributed by atoms with Gasteiger partial charge in [-0.05, 0) is 68.9 Å². The first kappa shape index (κ1) is 25.3. The van der Waals surface area contributed by atoms with Crippen LogP contribution in [0.5, 0.6) is 0 Å². The number of carbonyl (C=O) groups is 1. The molecule has 4 rings (SSSR count). The van der Waals surface area contributed by atoms with Crippen LogP contribution in [0, 0.1) is 0 Å². The third-order valence-corrected chi connectivity index (χ3v) is 6.72. The van der Waals surface area contributed by atoms with Gasteiger partial charge in [0, 0.05) is 45.1 Å². The Balaban J connectivity index is 1.47. The maximum absolute atomic E-state index is 11.6. The van der Waals surface area contributed by atoms with E-state index in [9.17, 15) is 4.79 Å². The van der Waals surface area contributed by atoms with Crippen LogP contribution < -0.4 is 15.5 Å². The van der Waals surface area contributed by atoms with Crippen LogP contribution in [0.25, 0.3) is 0 Å². The number of nitrogens with two attached hydrogens (primary N) is 1. The molecule has 10 heteroatoms. The largest absolute Gasteiger partial charge is 0.383 e. The SMILES string of the molecule is C[C@@H]1[C@H](N=C(N)c2ccc(N(C)C)cc2)CCCN1c1nnc(C=O)c(CCCc2cnn(C)c2)n1. The van der Waals surface area contributed by atoms with E-state index >= 15 is 0 Å². The zero-order chi connectivity index (χ0) is 25.7. The number of aliphatic imine (C=N–C) groups is 1. The summed E-state index contributed by atoms with van der Waals surface area (Å²) in [4.78, 5) is 25.4. The number of nitrogens with zero attached hydrogens (tertiary/aromatic N) is 8. The molecule has 1 aliphatic rings. The van der Waals surface area contributed by atoms with Crippen LogP contribution in [0.4, 0.5) is 11.6 Å². The molecule has 190 valence electrons. The molecule has 0 amide bonds. The number of aryl methyl sites for hydroxylation is 3. The van der Waals surface area contributed by atoms with Gasteiger partial charge in [-0.3, -0.25) is 14.5 Å². The monoisotopic (exact) mass is 489 g/mol. The lowest BCUT2D eigenvalue weighted by atomic mass is 9.98. The highest BCUT2D eigenvalue weighted by atomic mass is 16.1. The first-order chi connectivity index (χ1) is 17.4. The Kier molecular flexibility index (Phi) is 7.92. The minimum absolute atomic E-state index is 0.00986. The van der Waals surface area contributed by atoms with Gasteiger partial charge >= 0.3 is 0 Å². The Morgan fingerprint density at radius 3 is 2.67 bits per heavy atom. The summed E-state index contributed by atoms with van der Waals surface area (Å²) in [7, 11) is 5.92. The molecule has 3 aromatic rings. The summed E-state index contributed by atoms with van der Waals surface area (Å²) in [5.74, 6) is 1.07. The molecule has 1 aliphatic heterocycles. The standard InChI is InChI=1S/C26H35N9O/c1-18-22(29-25(27)20-10-12-21(13-11-20)33(2)3)9-6-14-35(18)26-30-23(24(17-36)31-32-26)8-5-7-19-15-28-34(4)16-19/h10-13,15-18,22H,5-9,14H2,1-4H3,(H2,27,29)/t18-,22-/m1/s1. The normalized spacial score (nSPS) is 18.3. The summed E-state index contributed by atoms with van der Waals surface area (Å²) in [5, 5.41) is 12.7. The van der Waals surface area contributed by atoms with Crippen molar-refractivity contribution in [3.8, 4) is 0 Å². The highest BCUT2D eigenvalue weighted by Gasteiger charge is 2.30. The van der Waals surface area contributed by atoms with Gasteiger partial charge in [-0.1, -0.05) is 0 Å². The molecule has 1 aromatic carbocycles. The molecular formula is C26H35N9O. The lowest BCUT2D eigenvalue weighted by Gasteiger charge is -2.37. The third-order valence-electron chi connectivity index (χ3n) is 6.72. The fourth-order valence-corrected chi connectivity index (χ4v) is 4.58. The van der Waals surface area contributed by atoms with Crippen molar-refractivity contribution in [1.29, 1.82) is 0 Å². The minimum Gasteiger partial charge on any atom is -0.383 e. The molecular weight excluding hydrogens is 454 g/mol. The van der Waals surface area contributed by atoms with Gasteiger partial charge < -0.3 is 15.5 Å². The van der Waals surface area contributed by atoms with E-state index in [1.807, 2.05) is 57.8 Å². The predicted octanol–water partition coefficient (Wildman–Crippen LogP) is 2.42. The van der Waals surface area contributed by atoms with Crippen LogP contribution >= 0.6 is 0 Å². The minimum atomic E-state index is 0.00986. The molecule has 0 radical (unpaired) electrons. The number of rotatable bonds is 9. The van der Waals surface area contributed by atoms with Crippen molar-refractivity contribution in [1.82, 2.24) is 25.0 Å². The second-order valence-electron chi connectivity index (χ2n) is 9.54. The molecule has 2 atom stereocenters. The number of piperidine rings is 1. The topological polar surface area (TPSA) is 118 Å². The van der Waals surface area contributed by atoms with E-state index in [1.54, 1.807) is 4.68 Å². The van der Waals surface area contributed by atoms with E-state index in [0.29, 0.717) is 29.6 Å². The van der Waals surface area contributed by atoms with E-state index in [0.717, 1.165) is 55.3 Å². The Labute approximate surface area is 212 Å². The summed E-state index contributed by atoms with van der Waals surface area (Å²) in [5.41, 5.74) is 10.6. The fraction of sp³-hybridized carbons (Fsp3) is 0.462. The van der Waals surface area contributed by atoms with Gasteiger partial charge in [-0.25, -0.2) is 4.98 Å². The van der Waals surface area contributed by atoms with Gasteiger partial charge in [0.25, 0.3) is 0 Å². The number of carbonyl (C=O) groups excluding carboxylic acids is 1. The van der Waals surface area contributed by atoms with E-state index in [2.05, 4.69) is 32.0 Å². The maximum atomic E-state index is 11.6. The molecule has 2 N–H and O–H groups in total. The molecule has 2 aromatic heterocycles. The van der Waals surface area contributed by atoms with Crippen LogP contribution in [-0.2, 0) is 19.9 Å². The van der Waals surface area contributed by atoms with Gasteiger partial charge in [0.2, 0.25) is 5.95 Å². The zero-order valence-corrected chi connectivity index (χ0v) is 21.5. The second kappa shape index (κ2) is 11.3. The molecule has 1 saturated heterocycles. The Morgan fingerprint density at radius 1 is 1.22 bits per heavy atom. The van der Waals surface area contributed by atoms with Crippen LogP contribution in [0.1, 0.15) is 53.5 Å². The Bertz CT molecular complexity index is 1200. The summed E-state index contributed by atoms with van der Waals surface area (Å²) in [6, 6.07) is 8.14. The fourth-order valence-electron chi connectivity index (χ4n) is 4.58. The Morgan fingerprint density at radius 2 is 2.00 bits per heavy atom. The molecule has 3 heterocycles. The average Bonchev–Trinajstić information content (AvgIpc) is 3.30. The number of hydrogen-bond donors (Lipinski definition) is 1.